The predicted molar refractivity (Wildman–Crippen MR) is 86.3 cm³/mol. The molecule has 1 amide bonds. The van der Waals surface area contributed by atoms with E-state index in [2.05, 4.69) is 10.6 Å². The highest BCUT2D eigenvalue weighted by molar-refractivity contribution is 6.43. The number of carbonyl (C=O) groups excluding carboxylic acids is 1. The van der Waals surface area contributed by atoms with Crippen molar-refractivity contribution >= 4 is 35.0 Å². The van der Waals surface area contributed by atoms with Crippen molar-refractivity contribution in [2.45, 2.75) is 51.3 Å². The molecule has 0 heterocycles. The van der Waals surface area contributed by atoms with Crippen molar-refractivity contribution in [2.24, 2.45) is 0 Å². The molecule has 4 nitrogen and oxygen atoms in total. The van der Waals surface area contributed by atoms with Crippen LogP contribution in [-0.4, -0.2) is 23.8 Å². The summed E-state index contributed by atoms with van der Waals surface area (Å²) in [5.41, 5.74) is 0.352. The van der Waals surface area contributed by atoms with E-state index in [1.165, 1.54) is 0 Å². The molecule has 1 fully saturated rings. The average Bonchev–Trinajstić information content (AvgIpc) is 2.29. The van der Waals surface area contributed by atoms with E-state index >= 15 is 0 Å². The average molecular weight is 331 g/mol. The van der Waals surface area contributed by atoms with E-state index < -0.39 is 5.60 Å². The van der Waals surface area contributed by atoms with Gasteiger partial charge in [0.15, 0.2) is 0 Å². The zero-order valence-electron chi connectivity index (χ0n) is 12.4. The van der Waals surface area contributed by atoms with Gasteiger partial charge in [0.1, 0.15) is 5.60 Å². The van der Waals surface area contributed by atoms with E-state index in [1.807, 2.05) is 32.9 Å². The molecule has 1 aromatic rings. The molecule has 0 aliphatic heterocycles. The van der Waals surface area contributed by atoms with E-state index in [0.717, 1.165) is 18.5 Å². The molecule has 1 aliphatic carbocycles. The molecule has 6 heteroatoms. The van der Waals surface area contributed by atoms with Crippen LogP contribution in [-0.2, 0) is 4.74 Å². The van der Waals surface area contributed by atoms with Gasteiger partial charge in [0.05, 0.1) is 15.7 Å². The van der Waals surface area contributed by atoms with Gasteiger partial charge in [0.25, 0.3) is 0 Å². The fraction of sp³-hybridized carbons (Fsp3) is 0.533. The lowest BCUT2D eigenvalue weighted by atomic mass is 9.86. The van der Waals surface area contributed by atoms with Crippen molar-refractivity contribution < 1.29 is 9.53 Å². The first-order valence-electron chi connectivity index (χ1n) is 6.94. The Bertz CT molecular complexity index is 523. The van der Waals surface area contributed by atoms with E-state index in [0.29, 0.717) is 10.0 Å². The van der Waals surface area contributed by atoms with Gasteiger partial charge in [-0.1, -0.05) is 29.3 Å². The number of alkyl carbamates (subject to hydrolysis) is 1. The number of nitrogens with one attached hydrogen (secondary N) is 2. The highest BCUT2D eigenvalue weighted by atomic mass is 35.5. The summed E-state index contributed by atoms with van der Waals surface area (Å²) in [6.07, 6.45) is 1.30. The summed E-state index contributed by atoms with van der Waals surface area (Å²) in [4.78, 5) is 11.6. The van der Waals surface area contributed by atoms with E-state index in [4.69, 9.17) is 27.9 Å². The molecule has 0 radical (unpaired) electrons. The zero-order valence-corrected chi connectivity index (χ0v) is 13.9. The van der Waals surface area contributed by atoms with Crippen LogP contribution in [0.3, 0.4) is 0 Å². The fourth-order valence-electron chi connectivity index (χ4n) is 2.16. The highest BCUT2D eigenvalue weighted by Gasteiger charge is 2.31. The third-order valence-electron chi connectivity index (χ3n) is 3.17. The van der Waals surface area contributed by atoms with Gasteiger partial charge in [0.2, 0.25) is 0 Å². The van der Waals surface area contributed by atoms with Gasteiger partial charge in [0, 0.05) is 12.1 Å². The number of benzene rings is 1. The summed E-state index contributed by atoms with van der Waals surface area (Å²) in [5.74, 6) is 0. The van der Waals surface area contributed by atoms with Gasteiger partial charge < -0.3 is 15.4 Å². The van der Waals surface area contributed by atoms with E-state index in [1.54, 1.807) is 6.07 Å². The molecule has 0 atom stereocenters. The number of carbonyl (C=O) groups is 1. The third kappa shape index (κ3) is 4.68. The smallest absolute Gasteiger partial charge is 0.407 e. The maximum Gasteiger partial charge on any atom is 0.407 e. The number of halogens is 2. The fourth-order valence-corrected chi connectivity index (χ4v) is 2.52. The minimum Gasteiger partial charge on any atom is -0.444 e. The van der Waals surface area contributed by atoms with Gasteiger partial charge in [-0.05, 0) is 45.7 Å². The molecule has 0 bridgehead atoms. The van der Waals surface area contributed by atoms with Crippen LogP contribution in [0.25, 0.3) is 0 Å². The maximum atomic E-state index is 11.6. The number of anilines is 1. The second-order valence-electron chi connectivity index (χ2n) is 6.26. The molecular weight excluding hydrogens is 311 g/mol. The van der Waals surface area contributed by atoms with E-state index in [-0.39, 0.29) is 18.2 Å². The molecule has 1 saturated carbocycles. The SMILES string of the molecule is CC(C)(C)OC(=O)NC1CC(Nc2cccc(Cl)c2Cl)C1. The molecule has 2 N–H and O–H groups in total. The molecule has 1 aliphatic rings. The van der Waals surface area contributed by atoms with Crippen LogP contribution in [0.15, 0.2) is 18.2 Å². The minimum atomic E-state index is -0.472. The molecule has 21 heavy (non-hydrogen) atoms. The lowest BCUT2D eigenvalue weighted by Crippen LogP contribution is -2.50. The Morgan fingerprint density at radius 1 is 1.24 bits per heavy atom. The monoisotopic (exact) mass is 330 g/mol. The number of amides is 1. The third-order valence-corrected chi connectivity index (χ3v) is 3.99. The number of ether oxygens (including phenoxy) is 1. The molecule has 0 aromatic heterocycles. The lowest BCUT2D eigenvalue weighted by molar-refractivity contribution is 0.0475. The van der Waals surface area contributed by atoms with Crippen LogP contribution in [0.1, 0.15) is 33.6 Å². The van der Waals surface area contributed by atoms with Gasteiger partial charge >= 0.3 is 6.09 Å². The molecule has 0 saturated heterocycles. The zero-order chi connectivity index (χ0) is 15.6. The summed E-state index contributed by atoms with van der Waals surface area (Å²) in [6.45, 7) is 5.54. The Kier molecular flexibility index (Phi) is 4.89. The first kappa shape index (κ1) is 16.2. The molecule has 1 aromatic carbocycles. The Morgan fingerprint density at radius 2 is 1.90 bits per heavy atom. The van der Waals surface area contributed by atoms with Crippen molar-refractivity contribution in [3.63, 3.8) is 0 Å². The second-order valence-corrected chi connectivity index (χ2v) is 7.04. The molecule has 116 valence electrons. The van der Waals surface area contributed by atoms with Crippen LogP contribution >= 0.6 is 23.2 Å². The Balaban J connectivity index is 1.77. The molecule has 0 unspecified atom stereocenters. The van der Waals surface area contributed by atoms with Crippen molar-refractivity contribution in [1.82, 2.24) is 5.32 Å². The summed E-state index contributed by atoms with van der Waals surface area (Å²) in [5, 5.41) is 7.25. The van der Waals surface area contributed by atoms with Crippen LogP contribution in [0.2, 0.25) is 10.0 Å². The number of rotatable bonds is 3. The number of hydrogen-bond donors (Lipinski definition) is 2. The van der Waals surface area contributed by atoms with Crippen LogP contribution in [0, 0.1) is 0 Å². The molecule has 2 rings (SSSR count). The molecular formula is C15H20Cl2N2O2. The summed E-state index contributed by atoms with van der Waals surface area (Å²) < 4.78 is 5.22. The van der Waals surface area contributed by atoms with Crippen molar-refractivity contribution in [3.05, 3.63) is 28.2 Å². The molecule has 0 spiro atoms. The largest absolute Gasteiger partial charge is 0.444 e. The van der Waals surface area contributed by atoms with Crippen molar-refractivity contribution in [1.29, 1.82) is 0 Å². The quantitative estimate of drug-likeness (QED) is 0.860. The van der Waals surface area contributed by atoms with Crippen LogP contribution < -0.4 is 10.6 Å². The lowest BCUT2D eigenvalue weighted by Gasteiger charge is -2.37. The van der Waals surface area contributed by atoms with Crippen molar-refractivity contribution in [3.8, 4) is 0 Å². The standard InChI is InChI=1S/C15H20Cl2N2O2/c1-15(2,3)21-14(20)19-10-7-9(8-10)18-12-6-4-5-11(16)13(12)17/h4-6,9-10,18H,7-8H2,1-3H3,(H,19,20). The van der Waals surface area contributed by atoms with Crippen LogP contribution in [0.5, 0.6) is 0 Å². The predicted octanol–water partition coefficient (Wildman–Crippen LogP) is 4.46. The summed E-state index contributed by atoms with van der Waals surface area (Å²) in [7, 11) is 0. The second kappa shape index (κ2) is 6.32. The van der Waals surface area contributed by atoms with Crippen molar-refractivity contribution in [2.75, 3.05) is 5.32 Å². The van der Waals surface area contributed by atoms with Gasteiger partial charge in [-0.3, -0.25) is 0 Å². The van der Waals surface area contributed by atoms with Gasteiger partial charge in [-0.25, -0.2) is 4.79 Å². The van der Waals surface area contributed by atoms with Gasteiger partial charge in [-0.2, -0.15) is 0 Å². The van der Waals surface area contributed by atoms with Gasteiger partial charge in [-0.15, -0.1) is 0 Å². The summed E-state index contributed by atoms with van der Waals surface area (Å²) >= 11 is 12.1. The Labute approximate surface area is 135 Å². The topological polar surface area (TPSA) is 50.4 Å². The van der Waals surface area contributed by atoms with Crippen LogP contribution in [0.4, 0.5) is 10.5 Å². The first-order chi connectivity index (χ1) is 9.74. The van der Waals surface area contributed by atoms with E-state index in [9.17, 15) is 4.79 Å². The summed E-state index contributed by atoms with van der Waals surface area (Å²) in [6, 6.07) is 5.91. The normalized spacial score (nSPS) is 21.4. The Hall–Kier alpha value is -1.13. The number of hydrogen-bond acceptors (Lipinski definition) is 3. The Morgan fingerprint density at radius 3 is 2.52 bits per heavy atom. The highest BCUT2D eigenvalue weighted by Crippen LogP contribution is 2.33. The first-order valence-corrected chi connectivity index (χ1v) is 7.70. The maximum absolute atomic E-state index is 11.6. The minimum absolute atomic E-state index is 0.135.